The van der Waals surface area contributed by atoms with E-state index in [1.165, 1.54) is 11.6 Å². The van der Waals surface area contributed by atoms with Crippen molar-refractivity contribution in [3.05, 3.63) is 74.5 Å². The van der Waals surface area contributed by atoms with Crippen molar-refractivity contribution in [1.82, 2.24) is 13.7 Å². The average molecular weight is 438 g/mol. The number of thioether (sulfide) groups is 1. The predicted octanol–water partition coefficient (Wildman–Crippen LogP) is 3.45. The summed E-state index contributed by atoms with van der Waals surface area (Å²) in [7, 11) is 4.88. The third kappa shape index (κ3) is 2.89. The van der Waals surface area contributed by atoms with Crippen LogP contribution in [0.2, 0.25) is 0 Å². The molecule has 1 aliphatic rings. The number of benzene rings is 1. The van der Waals surface area contributed by atoms with Crippen LogP contribution >= 0.6 is 11.8 Å². The number of hydrogen-bond acceptors (Lipinski definition) is 5. The second-order valence-electron chi connectivity index (χ2n) is 7.75. The fourth-order valence-corrected chi connectivity index (χ4v) is 5.67. The van der Waals surface area contributed by atoms with E-state index in [-0.39, 0.29) is 16.5 Å². The van der Waals surface area contributed by atoms with E-state index in [1.807, 2.05) is 43.3 Å². The lowest BCUT2D eigenvalue weighted by Crippen LogP contribution is -2.37. The number of furan rings is 1. The highest BCUT2D eigenvalue weighted by atomic mass is 32.2. The van der Waals surface area contributed by atoms with Crippen LogP contribution in [-0.2, 0) is 20.6 Å². The minimum absolute atomic E-state index is 0.109. The Balaban J connectivity index is 1.95. The van der Waals surface area contributed by atoms with Crippen molar-refractivity contribution >= 4 is 22.7 Å². The van der Waals surface area contributed by atoms with Crippen LogP contribution in [-0.4, -0.2) is 26.6 Å². The zero-order chi connectivity index (χ0) is 21.9. The Labute approximate surface area is 182 Å². The van der Waals surface area contributed by atoms with Crippen LogP contribution < -0.4 is 16.0 Å². The number of fused-ring (bicyclic) bond motifs is 3. The first-order valence-electron chi connectivity index (χ1n) is 10.1. The molecule has 0 saturated carbocycles. The van der Waals surface area contributed by atoms with Gasteiger partial charge < -0.3 is 13.7 Å². The summed E-state index contributed by atoms with van der Waals surface area (Å²) < 4.78 is 16.4. The number of aryl methyl sites for hydroxylation is 2. The second-order valence-corrected chi connectivity index (χ2v) is 8.96. The van der Waals surface area contributed by atoms with Crippen LogP contribution in [0.5, 0.6) is 5.75 Å². The van der Waals surface area contributed by atoms with Crippen LogP contribution in [0, 0.1) is 6.92 Å². The highest BCUT2D eigenvalue weighted by molar-refractivity contribution is 7.99. The van der Waals surface area contributed by atoms with Gasteiger partial charge in [0.25, 0.3) is 5.56 Å². The Bertz CT molecular complexity index is 1440. The van der Waals surface area contributed by atoms with E-state index in [4.69, 9.17) is 9.15 Å². The molecule has 0 N–H and O–H groups in total. The van der Waals surface area contributed by atoms with E-state index in [2.05, 4.69) is 4.57 Å². The first-order chi connectivity index (χ1) is 14.9. The molecule has 1 aliphatic heterocycles. The Hall–Kier alpha value is -3.13. The lowest BCUT2D eigenvalue weighted by atomic mass is 10.1. The van der Waals surface area contributed by atoms with E-state index in [0.717, 1.165) is 40.8 Å². The SMILES string of the molecule is COc1cccc(-c2c3c(=O)n(C)c(=O)n(C)c3c3n2CCS[C@@H]3c2ccc(C)o2)c1. The molecular formula is C23H23N3O4S. The van der Waals surface area contributed by atoms with Gasteiger partial charge >= 0.3 is 5.69 Å². The number of ether oxygens (including phenoxy) is 1. The topological polar surface area (TPSA) is 71.3 Å². The first-order valence-corrected chi connectivity index (χ1v) is 11.1. The summed E-state index contributed by atoms with van der Waals surface area (Å²) >= 11 is 1.76. The van der Waals surface area contributed by atoms with Crippen LogP contribution in [0.25, 0.3) is 22.2 Å². The van der Waals surface area contributed by atoms with Crippen molar-refractivity contribution in [3.8, 4) is 17.0 Å². The third-order valence-electron chi connectivity index (χ3n) is 5.92. The molecule has 0 spiro atoms. The molecular weight excluding hydrogens is 414 g/mol. The van der Waals surface area contributed by atoms with Crippen molar-refractivity contribution < 1.29 is 9.15 Å². The summed E-state index contributed by atoms with van der Waals surface area (Å²) in [6.07, 6.45) is 0. The first kappa shape index (κ1) is 19.8. The molecule has 4 aromatic rings. The maximum absolute atomic E-state index is 13.4. The lowest BCUT2D eigenvalue weighted by molar-refractivity contribution is 0.415. The van der Waals surface area contributed by atoms with Gasteiger partial charge in [0.1, 0.15) is 22.5 Å². The summed E-state index contributed by atoms with van der Waals surface area (Å²) in [4.78, 5) is 26.2. The normalized spacial score (nSPS) is 15.9. The van der Waals surface area contributed by atoms with Gasteiger partial charge in [0, 0.05) is 32.0 Å². The summed E-state index contributed by atoms with van der Waals surface area (Å²) in [5.41, 5.74) is 2.65. The molecule has 1 aromatic carbocycles. The third-order valence-corrected chi connectivity index (χ3v) is 7.12. The van der Waals surface area contributed by atoms with Crippen LogP contribution in [0.1, 0.15) is 22.5 Å². The standard InChI is InChI=1S/C23H23N3O4S/c1-13-8-9-16(30-13)21-20-19-17(22(27)25(3)23(28)24(19)2)18(26(20)10-11-31-21)14-6-5-7-15(12-14)29-4/h5-9,12,21H,10-11H2,1-4H3/t21-/m1/s1. The van der Waals surface area contributed by atoms with E-state index >= 15 is 0 Å². The van der Waals surface area contributed by atoms with E-state index in [9.17, 15) is 9.59 Å². The number of methoxy groups -OCH3 is 1. The molecule has 1 atom stereocenters. The summed E-state index contributed by atoms with van der Waals surface area (Å²) in [5.74, 6) is 3.24. The molecule has 4 heterocycles. The van der Waals surface area contributed by atoms with Crippen LogP contribution in [0.4, 0.5) is 0 Å². The van der Waals surface area contributed by atoms with E-state index in [1.54, 1.807) is 30.5 Å². The summed E-state index contributed by atoms with van der Waals surface area (Å²) in [6.45, 7) is 2.65. The van der Waals surface area contributed by atoms with Gasteiger partial charge in [-0.1, -0.05) is 12.1 Å². The fraction of sp³-hybridized carbons (Fsp3) is 0.304. The molecule has 160 valence electrons. The Morgan fingerprint density at radius 3 is 2.65 bits per heavy atom. The molecule has 7 nitrogen and oxygen atoms in total. The molecule has 5 rings (SSSR count). The van der Waals surface area contributed by atoms with Crippen LogP contribution in [0.3, 0.4) is 0 Å². The molecule has 0 saturated heterocycles. The monoisotopic (exact) mass is 437 g/mol. The Kier molecular flexibility index (Phi) is 4.62. The number of aromatic nitrogens is 3. The van der Waals surface area contributed by atoms with E-state index < -0.39 is 0 Å². The van der Waals surface area contributed by atoms with Gasteiger partial charge in [-0.15, -0.1) is 11.8 Å². The van der Waals surface area contributed by atoms with Gasteiger partial charge in [0.05, 0.1) is 29.4 Å². The molecule has 0 aliphatic carbocycles. The van der Waals surface area contributed by atoms with Gasteiger partial charge in [0.15, 0.2) is 0 Å². The zero-order valence-electron chi connectivity index (χ0n) is 17.8. The zero-order valence-corrected chi connectivity index (χ0v) is 18.7. The lowest BCUT2D eigenvalue weighted by Gasteiger charge is -2.25. The molecule has 8 heteroatoms. The van der Waals surface area contributed by atoms with Crippen molar-refractivity contribution in [2.45, 2.75) is 18.7 Å². The van der Waals surface area contributed by atoms with Crippen molar-refractivity contribution in [2.75, 3.05) is 12.9 Å². The minimum atomic E-state index is -0.340. The summed E-state index contributed by atoms with van der Waals surface area (Å²) in [6, 6.07) is 11.6. The number of rotatable bonds is 3. The smallest absolute Gasteiger partial charge is 0.331 e. The molecule has 31 heavy (non-hydrogen) atoms. The predicted molar refractivity (Wildman–Crippen MR) is 122 cm³/mol. The number of hydrogen-bond donors (Lipinski definition) is 0. The van der Waals surface area contributed by atoms with Gasteiger partial charge in [0.2, 0.25) is 0 Å². The van der Waals surface area contributed by atoms with Crippen LogP contribution in [0.15, 0.2) is 50.4 Å². The molecule has 0 amide bonds. The average Bonchev–Trinajstić information content (AvgIpc) is 3.37. The van der Waals surface area contributed by atoms with Crippen molar-refractivity contribution in [2.24, 2.45) is 14.1 Å². The van der Waals surface area contributed by atoms with Gasteiger partial charge in [-0.25, -0.2) is 4.79 Å². The molecule has 3 aromatic heterocycles. The fourth-order valence-electron chi connectivity index (χ4n) is 4.46. The quantitative estimate of drug-likeness (QED) is 0.491. The van der Waals surface area contributed by atoms with Gasteiger partial charge in [-0.05, 0) is 31.2 Å². The van der Waals surface area contributed by atoms with Crippen molar-refractivity contribution in [3.63, 3.8) is 0 Å². The largest absolute Gasteiger partial charge is 0.497 e. The van der Waals surface area contributed by atoms with Gasteiger partial charge in [-0.2, -0.15) is 0 Å². The van der Waals surface area contributed by atoms with E-state index in [0.29, 0.717) is 16.7 Å². The molecule has 0 bridgehead atoms. The van der Waals surface area contributed by atoms with Gasteiger partial charge in [-0.3, -0.25) is 13.9 Å². The number of nitrogens with zero attached hydrogens (tertiary/aromatic N) is 3. The molecule has 0 unspecified atom stereocenters. The maximum Gasteiger partial charge on any atom is 0.331 e. The highest BCUT2D eigenvalue weighted by Gasteiger charge is 2.34. The highest BCUT2D eigenvalue weighted by Crippen LogP contribution is 2.46. The second kappa shape index (κ2) is 7.23. The van der Waals surface area contributed by atoms with Crippen molar-refractivity contribution in [1.29, 1.82) is 0 Å². The Morgan fingerprint density at radius 1 is 1.13 bits per heavy atom. The molecule has 0 radical (unpaired) electrons. The molecule has 0 fully saturated rings. The summed E-state index contributed by atoms with van der Waals surface area (Å²) in [5, 5.41) is 0.436. The maximum atomic E-state index is 13.4. The Morgan fingerprint density at radius 2 is 1.94 bits per heavy atom. The minimum Gasteiger partial charge on any atom is -0.497 e.